The highest BCUT2D eigenvalue weighted by molar-refractivity contribution is 5.94. The number of aromatic nitrogens is 1. The van der Waals surface area contributed by atoms with Gasteiger partial charge in [-0.1, -0.05) is 18.2 Å². The molecule has 2 N–H and O–H groups in total. The minimum absolute atomic E-state index is 0.00717. The van der Waals surface area contributed by atoms with Crippen molar-refractivity contribution in [2.45, 2.75) is 33.1 Å². The number of hydrogen-bond donors (Lipinski definition) is 2. The molecule has 2 fully saturated rings. The summed E-state index contributed by atoms with van der Waals surface area (Å²) in [4.78, 5) is 35.6. The number of H-pyrrole nitrogens is 1. The monoisotopic (exact) mass is 451 g/mol. The van der Waals surface area contributed by atoms with E-state index in [9.17, 15) is 9.59 Å². The van der Waals surface area contributed by atoms with Gasteiger partial charge in [0.15, 0.2) is 0 Å². The number of benzene rings is 1. The molecular formula is C26H37N5O2. The van der Waals surface area contributed by atoms with Crippen molar-refractivity contribution >= 4 is 17.5 Å². The van der Waals surface area contributed by atoms with Gasteiger partial charge in [-0.05, 0) is 63.4 Å². The number of rotatable bonds is 7. The molecule has 0 aliphatic carbocycles. The number of piperazine rings is 1. The Kier molecular flexibility index (Phi) is 7.70. The summed E-state index contributed by atoms with van der Waals surface area (Å²) in [7, 11) is 0. The highest BCUT2D eigenvalue weighted by atomic mass is 16.2. The number of nitrogens with one attached hydrogen (secondary N) is 2. The Morgan fingerprint density at radius 2 is 1.82 bits per heavy atom. The highest BCUT2D eigenvalue weighted by Crippen LogP contribution is 2.20. The molecule has 4 rings (SSSR count). The van der Waals surface area contributed by atoms with Crippen LogP contribution in [-0.4, -0.2) is 79.0 Å². The highest BCUT2D eigenvalue weighted by Gasteiger charge is 2.30. The molecule has 2 aliphatic heterocycles. The molecular weight excluding hydrogens is 414 g/mol. The number of anilines is 1. The van der Waals surface area contributed by atoms with Crippen molar-refractivity contribution in [1.29, 1.82) is 0 Å². The van der Waals surface area contributed by atoms with Gasteiger partial charge in [-0.3, -0.25) is 14.5 Å². The number of likely N-dealkylation sites (tertiary alicyclic amines) is 1. The maximum Gasteiger partial charge on any atom is 0.270 e. The zero-order valence-corrected chi connectivity index (χ0v) is 20.0. The van der Waals surface area contributed by atoms with Crippen molar-refractivity contribution < 1.29 is 9.59 Å². The summed E-state index contributed by atoms with van der Waals surface area (Å²) in [6.07, 6.45) is 2.67. The second-order valence-corrected chi connectivity index (χ2v) is 9.41. The fraction of sp³-hybridized carbons (Fsp3) is 0.538. The van der Waals surface area contributed by atoms with Gasteiger partial charge in [-0.15, -0.1) is 0 Å². The van der Waals surface area contributed by atoms with Crippen LogP contribution >= 0.6 is 0 Å². The molecule has 7 nitrogen and oxygen atoms in total. The summed E-state index contributed by atoms with van der Waals surface area (Å²) in [5.41, 5.74) is 3.91. The third-order valence-electron chi connectivity index (χ3n) is 6.89. The Labute approximate surface area is 197 Å². The number of piperidine rings is 1. The quantitative estimate of drug-likeness (QED) is 0.635. The van der Waals surface area contributed by atoms with Gasteiger partial charge in [0.2, 0.25) is 5.91 Å². The smallest absolute Gasteiger partial charge is 0.270 e. The number of hydrogen-bond acceptors (Lipinski definition) is 4. The van der Waals surface area contributed by atoms with E-state index in [-0.39, 0.29) is 17.7 Å². The number of aromatic amines is 1. The molecule has 1 atom stereocenters. The normalized spacial score (nSPS) is 19.5. The first-order valence-electron chi connectivity index (χ1n) is 12.3. The lowest BCUT2D eigenvalue weighted by Gasteiger charge is -2.36. The van der Waals surface area contributed by atoms with Crippen LogP contribution in [0.25, 0.3) is 0 Å². The van der Waals surface area contributed by atoms with E-state index in [0.717, 1.165) is 69.8 Å². The van der Waals surface area contributed by atoms with E-state index >= 15 is 0 Å². The Bertz CT molecular complexity index is 933. The molecule has 0 unspecified atom stereocenters. The molecule has 7 heteroatoms. The third kappa shape index (κ3) is 5.96. The van der Waals surface area contributed by atoms with Crippen LogP contribution in [0.1, 0.15) is 41.0 Å². The lowest BCUT2D eigenvalue weighted by Crippen LogP contribution is -2.47. The van der Waals surface area contributed by atoms with Crippen LogP contribution in [0, 0.1) is 19.8 Å². The number of amides is 2. The first-order chi connectivity index (χ1) is 16.0. The summed E-state index contributed by atoms with van der Waals surface area (Å²) in [5.74, 6) is -0.0259. The fourth-order valence-electron chi connectivity index (χ4n) is 5.01. The SMILES string of the molecule is Cc1cc(C)c(C(=O)N2CCC[C@@H](C(=O)NCCCN3CCN(c4ccccc4)CC3)C2)[nH]1. The maximum atomic E-state index is 12.9. The predicted octanol–water partition coefficient (Wildman–Crippen LogP) is 2.81. The second kappa shape index (κ2) is 10.9. The van der Waals surface area contributed by atoms with Crippen LogP contribution in [0.3, 0.4) is 0 Å². The van der Waals surface area contributed by atoms with Crippen molar-refractivity contribution in [1.82, 2.24) is 20.1 Å². The van der Waals surface area contributed by atoms with Crippen LogP contribution in [-0.2, 0) is 4.79 Å². The predicted molar refractivity (Wildman–Crippen MR) is 132 cm³/mol. The Morgan fingerprint density at radius 3 is 2.52 bits per heavy atom. The average Bonchev–Trinajstić information content (AvgIpc) is 3.20. The van der Waals surface area contributed by atoms with E-state index in [1.807, 2.05) is 24.8 Å². The Balaban J connectivity index is 1.16. The van der Waals surface area contributed by atoms with Crippen molar-refractivity contribution in [3.63, 3.8) is 0 Å². The molecule has 2 saturated heterocycles. The van der Waals surface area contributed by atoms with Crippen LogP contribution in [0.4, 0.5) is 5.69 Å². The van der Waals surface area contributed by atoms with E-state index in [1.165, 1.54) is 5.69 Å². The van der Waals surface area contributed by atoms with Gasteiger partial charge in [0.25, 0.3) is 5.91 Å². The second-order valence-electron chi connectivity index (χ2n) is 9.41. The molecule has 2 amide bonds. The maximum absolute atomic E-state index is 12.9. The number of carbonyl (C=O) groups is 2. The van der Waals surface area contributed by atoms with E-state index in [4.69, 9.17) is 0 Å². The van der Waals surface area contributed by atoms with Gasteiger partial charge in [-0.2, -0.15) is 0 Å². The number of carbonyl (C=O) groups excluding carboxylic acids is 2. The van der Waals surface area contributed by atoms with E-state index in [2.05, 4.69) is 50.4 Å². The lowest BCUT2D eigenvalue weighted by molar-refractivity contribution is -0.126. The number of aryl methyl sites for hydroxylation is 2. The number of nitrogens with zero attached hydrogens (tertiary/aromatic N) is 3. The molecule has 3 heterocycles. The molecule has 33 heavy (non-hydrogen) atoms. The minimum Gasteiger partial charge on any atom is -0.369 e. The summed E-state index contributed by atoms with van der Waals surface area (Å²) in [5, 5.41) is 3.12. The first-order valence-corrected chi connectivity index (χ1v) is 12.3. The van der Waals surface area contributed by atoms with E-state index < -0.39 is 0 Å². The van der Waals surface area contributed by atoms with Gasteiger partial charge in [0, 0.05) is 57.2 Å². The van der Waals surface area contributed by atoms with Crippen molar-refractivity contribution in [2.75, 3.05) is 57.3 Å². The molecule has 0 spiro atoms. The average molecular weight is 452 g/mol. The molecule has 2 aliphatic rings. The van der Waals surface area contributed by atoms with Crippen molar-refractivity contribution in [2.24, 2.45) is 5.92 Å². The standard InChI is InChI=1S/C26H37N5O2/c1-20-18-21(2)28-24(20)26(33)31-13-6-8-22(19-31)25(32)27-11-7-12-29-14-16-30(17-15-29)23-9-4-3-5-10-23/h3-5,9-10,18,22,28H,6-8,11-17,19H2,1-2H3,(H,27,32)/t22-/m1/s1. The Morgan fingerprint density at radius 1 is 1.06 bits per heavy atom. The van der Waals surface area contributed by atoms with Crippen LogP contribution in [0.2, 0.25) is 0 Å². The largest absolute Gasteiger partial charge is 0.369 e. The fourth-order valence-corrected chi connectivity index (χ4v) is 5.01. The lowest BCUT2D eigenvalue weighted by atomic mass is 9.96. The van der Waals surface area contributed by atoms with Gasteiger partial charge in [-0.25, -0.2) is 0 Å². The van der Waals surface area contributed by atoms with Gasteiger partial charge < -0.3 is 20.1 Å². The summed E-state index contributed by atoms with van der Waals surface area (Å²) in [6.45, 7) is 11.0. The molecule has 178 valence electrons. The van der Waals surface area contributed by atoms with Crippen molar-refractivity contribution in [3.8, 4) is 0 Å². The first kappa shape index (κ1) is 23.4. The zero-order chi connectivity index (χ0) is 23.2. The molecule has 0 saturated carbocycles. The summed E-state index contributed by atoms with van der Waals surface area (Å²) < 4.78 is 0. The van der Waals surface area contributed by atoms with Crippen LogP contribution in [0.15, 0.2) is 36.4 Å². The van der Waals surface area contributed by atoms with Crippen LogP contribution < -0.4 is 10.2 Å². The van der Waals surface area contributed by atoms with Gasteiger partial charge in [0.05, 0.1) is 5.92 Å². The van der Waals surface area contributed by atoms with Crippen LogP contribution in [0.5, 0.6) is 0 Å². The zero-order valence-electron chi connectivity index (χ0n) is 20.0. The van der Waals surface area contributed by atoms with Gasteiger partial charge >= 0.3 is 0 Å². The topological polar surface area (TPSA) is 71.7 Å². The summed E-state index contributed by atoms with van der Waals surface area (Å²) >= 11 is 0. The summed E-state index contributed by atoms with van der Waals surface area (Å²) in [6, 6.07) is 12.6. The minimum atomic E-state index is -0.117. The molecule has 0 radical (unpaired) electrons. The third-order valence-corrected chi connectivity index (χ3v) is 6.89. The molecule has 0 bridgehead atoms. The van der Waals surface area contributed by atoms with Gasteiger partial charge in [0.1, 0.15) is 5.69 Å². The number of para-hydroxylation sites is 1. The van der Waals surface area contributed by atoms with E-state index in [1.54, 1.807) is 0 Å². The molecule has 2 aromatic rings. The van der Waals surface area contributed by atoms with Crippen molar-refractivity contribution in [3.05, 3.63) is 53.3 Å². The molecule has 1 aromatic carbocycles. The molecule has 1 aromatic heterocycles. The Hall–Kier alpha value is -2.80. The van der Waals surface area contributed by atoms with E-state index in [0.29, 0.717) is 18.8 Å².